The highest BCUT2D eigenvalue weighted by Crippen LogP contribution is 2.07. The summed E-state index contributed by atoms with van der Waals surface area (Å²) >= 11 is 0. The van der Waals surface area contributed by atoms with Gasteiger partial charge in [0.2, 0.25) is 0 Å². The van der Waals surface area contributed by atoms with Gasteiger partial charge in [-0.3, -0.25) is 4.98 Å². The van der Waals surface area contributed by atoms with Crippen LogP contribution in [-0.2, 0) is 6.54 Å². The molecule has 0 fully saturated rings. The Morgan fingerprint density at radius 1 is 1.43 bits per heavy atom. The van der Waals surface area contributed by atoms with Gasteiger partial charge in [0.15, 0.2) is 0 Å². The zero-order chi connectivity index (χ0) is 10.4. The van der Waals surface area contributed by atoms with Crippen molar-refractivity contribution in [3.63, 3.8) is 0 Å². The van der Waals surface area contributed by atoms with Crippen molar-refractivity contribution in [2.24, 2.45) is 5.92 Å². The molecule has 2 nitrogen and oxygen atoms in total. The van der Waals surface area contributed by atoms with E-state index >= 15 is 0 Å². The molecule has 1 aromatic heterocycles. The first-order valence-corrected chi connectivity index (χ1v) is 5.36. The molecule has 1 N–H and O–H groups in total. The molecule has 0 aliphatic rings. The molecule has 0 unspecified atom stereocenters. The van der Waals surface area contributed by atoms with Gasteiger partial charge in [0, 0.05) is 25.0 Å². The van der Waals surface area contributed by atoms with Crippen LogP contribution in [0.3, 0.4) is 0 Å². The van der Waals surface area contributed by atoms with E-state index in [0.29, 0.717) is 6.04 Å². The number of rotatable bonds is 5. The van der Waals surface area contributed by atoms with Gasteiger partial charge in [-0.1, -0.05) is 26.3 Å². The molecule has 0 aromatic carbocycles. The van der Waals surface area contributed by atoms with Crippen molar-refractivity contribution in [1.82, 2.24) is 10.3 Å². The third-order valence-corrected chi connectivity index (χ3v) is 2.85. The third-order valence-electron chi connectivity index (χ3n) is 2.85. The van der Waals surface area contributed by atoms with E-state index in [1.165, 1.54) is 12.0 Å². The van der Waals surface area contributed by atoms with Crippen LogP contribution in [0.1, 0.15) is 32.8 Å². The highest BCUT2D eigenvalue weighted by atomic mass is 14.9. The molecule has 0 aliphatic heterocycles. The van der Waals surface area contributed by atoms with Crippen molar-refractivity contribution in [2.75, 3.05) is 0 Å². The zero-order valence-electron chi connectivity index (χ0n) is 9.33. The Bertz CT molecular complexity index is 246. The lowest BCUT2D eigenvalue weighted by atomic mass is 10.0. The quantitative estimate of drug-likeness (QED) is 0.775. The second-order valence-corrected chi connectivity index (χ2v) is 3.92. The van der Waals surface area contributed by atoms with Crippen molar-refractivity contribution in [3.8, 4) is 0 Å². The Balaban J connectivity index is 2.34. The minimum atomic E-state index is 0.570. The molecule has 2 atom stereocenters. The van der Waals surface area contributed by atoms with Gasteiger partial charge in [0.25, 0.3) is 0 Å². The normalized spacial score (nSPS) is 15.1. The van der Waals surface area contributed by atoms with Gasteiger partial charge >= 0.3 is 0 Å². The molecule has 0 bridgehead atoms. The van der Waals surface area contributed by atoms with Gasteiger partial charge in [-0.05, 0) is 24.5 Å². The molecule has 0 radical (unpaired) electrons. The van der Waals surface area contributed by atoms with E-state index in [0.717, 1.165) is 12.5 Å². The summed E-state index contributed by atoms with van der Waals surface area (Å²) in [5.74, 6) is 0.728. The SMILES string of the molecule is CC[C@@H](C)[C@H](C)NCc1cccnc1. The molecule has 0 saturated heterocycles. The molecule has 0 saturated carbocycles. The molecule has 2 heteroatoms. The minimum absolute atomic E-state index is 0.570. The summed E-state index contributed by atoms with van der Waals surface area (Å²) < 4.78 is 0. The van der Waals surface area contributed by atoms with Gasteiger partial charge in [-0.2, -0.15) is 0 Å². The predicted octanol–water partition coefficient (Wildman–Crippen LogP) is 2.61. The van der Waals surface area contributed by atoms with Crippen molar-refractivity contribution in [2.45, 2.75) is 39.8 Å². The summed E-state index contributed by atoms with van der Waals surface area (Å²) in [4.78, 5) is 4.09. The van der Waals surface area contributed by atoms with Crippen LogP contribution >= 0.6 is 0 Å². The average molecular weight is 192 g/mol. The molecule has 1 aromatic rings. The van der Waals surface area contributed by atoms with Crippen molar-refractivity contribution in [1.29, 1.82) is 0 Å². The molecule has 0 aliphatic carbocycles. The van der Waals surface area contributed by atoms with Crippen LogP contribution in [0.4, 0.5) is 0 Å². The lowest BCUT2D eigenvalue weighted by Crippen LogP contribution is -2.31. The topological polar surface area (TPSA) is 24.9 Å². The number of pyridine rings is 1. The summed E-state index contributed by atoms with van der Waals surface area (Å²) in [5.41, 5.74) is 1.25. The maximum Gasteiger partial charge on any atom is 0.0312 e. The summed E-state index contributed by atoms with van der Waals surface area (Å²) in [5, 5.41) is 3.51. The second kappa shape index (κ2) is 5.76. The van der Waals surface area contributed by atoms with E-state index in [1.807, 2.05) is 18.5 Å². The number of nitrogens with zero attached hydrogens (tertiary/aromatic N) is 1. The van der Waals surface area contributed by atoms with Crippen LogP contribution in [0, 0.1) is 5.92 Å². The van der Waals surface area contributed by atoms with Crippen LogP contribution in [0.5, 0.6) is 0 Å². The fraction of sp³-hybridized carbons (Fsp3) is 0.583. The van der Waals surface area contributed by atoms with Gasteiger partial charge < -0.3 is 5.32 Å². The van der Waals surface area contributed by atoms with Gasteiger partial charge in [-0.15, -0.1) is 0 Å². The molecular weight excluding hydrogens is 172 g/mol. The Morgan fingerprint density at radius 2 is 2.21 bits per heavy atom. The maximum atomic E-state index is 4.09. The Kier molecular flexibility index (Phi) is 4.60. The molecule has 1 heterocycles. The monoisotopic (exact) mass is 192 g/mol. The lowest BCUT2D eigenvalue weighted by molar-refractivity contribution is 0.389. The van der Waals surface area contributed by atoms with E-state index in [9.17, 15) is 0 Å². The van der Waals surface area contributed by atoms with Gasteiger partial charge in [0.05, 0.1) is 0 Å². The largest absolute Gasteiger partial charge is 0.310 e. The van der Waals surface area contributed by atoms with Gasteiger partial charge in [0.1, 0.15) is 0 Å². The van der Waals surface area contributed by atoms with Crippen molar-refractivity contribution >= 4 is 0 Å². The fourth-order valence-electron chi connectivity index (χ4n) is 1.34. The standard InChI is InChI=1S/C12H20N2/c1-4-10(2)11(3)14-9-12-6-5-7-13-8-12/h5-8,10-11,14H,4,9H2,1-3H3/t10-,11+/m1/s1. The first-order valence-electron chi connectivity index (χ1n) is 5.36. The second-order valence-electron chi connectivity index (χ2n) is 3.92. The van der Waals surface area contributed by atoms with Crippen LogP contribution in [-0.4, -0.2) is 11.0 Å². The van der Waals surface area contributed by atoms with Crippen molar-refractivity contribution in [3.05, 3.63) is 30.1 Å². The molecular formula is C12H20N2. The van der Waals surface area contributed by atoms with Crippen LogP contribution in [0.25, 0.3) is 0 Å². The summed E-state index contributed by atoms with van der Waals surface area (Å²) in [6, 6.07) is 4.65. The summed E-state index contributed by atoms with van der Waals surface area (Å²) in [6.07, 6.45) is 4.94. The first-order chi connectivity index (χ1) is 6.74. The average Bonchev–Trinajstić information content (AvgIpc) is 2.26. The van der Waals surface area contributed by atoms with E-state index in [1.54, 1.807) is 0 Å². The summed E-state index contributed by atoms with van der Waals surface area (Å²) in [6.45, 7) is 7.66. The maximum absolute atomic E-state index is 4.09. The Hall–Kier alpha value is -0.890. The Labute approximate surface area is 86.8 Å². The molecule has 0 amide bonds. The van der Waals surface area contributed by atoms with Crippen LogP contribution < -0.4 is 5.32 Å². The first kappa shape index (κ1) is 11.2. The lowest BCUT2D eigenvalue weighted by Gasteiger charge is -2.19. The number of hydrogen-bond acceptors (Lipinski definition) is 2. The number of hydrogen-bond donors (Lipinski definition) is 1. The van der Waals surface area contributed by atoms with E-state index in [2.05, 4.69) is 37.1 Å². The fourth-order valence-corrected chi connectivity index (χ4v) is 1.34. The molecule has 1 rings (SSSR count). The minimum Gasteiger partial charge on any atom is -0.310 e. The number of nitrogens with one attached hydrogen (secondary N) is 1. The van der Waals surface area contributed by atoms with Crippen LogP contribution in [0.15, 0.2) is 24.5 Å². The third kappa shape index (κ3) is 3.46. The smallest absolute Gasteiger partial charge is 0.0312 e. The molecule has 78 valence electrons. The van der Waals surface area contributed by atoms with Gasteiger partial charge in [-0.25, -0.2) is 0 Å². The molecule has 14 heavy (non-hydrogen) atoms. The zero-order valence-corrected chi connectivity index (χ0v) is 9.33. The predicted molar refractivity (Wildman–Crippen MR) is 60.0 cm³/mol. The van der Waals surface area contributed by atoms with E-state index < -0.39 is 0 Å². The highest BCUT2D eigenvalue weighted by molar-refractivity contribution is 5.07. The summed E-state index contributed by atoms with van der Waals surface area (Å²) in [7, 11) is 0. The highest BCUT2D eigenvalue weighted by Gasteiger charge is 2.08. The number of aromatic nitrogens is 1. The van der Waals surface area contributed by atoms with E-state index in [-0.39, 0.29) is 0 Å². The van der Waals surface area contributed by atoms with Crippen molar-refractivity contribution < 1.29 is 0 Å². The van der Waals surface area contributed by atoms with E-state index in [4.69, 9.17) is 0 Å². The molecule has 0 spiro atoms. The Morgan fingerprint density at radius 3 is 2.79 bits per heavy atom. The van der Waals surface area contributed by atoms with Crippen LogP contribution in [0.2, 0.25) is 0 Å².